The molecule has 27 heavy (non-hydrogen) atoms. The molecular weight excluding hydrogens is 346 g/mol. The number of ether oxygens (including phenoxy) is 2. The molecule has 2 heterocycles. The van der Waals surface area contributed by atoms with Gasteiger partial charge >= 0.3 is 0 Å². The van der Waals surface area contributed by atoms with E-state index in [1.807, 2.05) is 18.2 Å². The Hall–Kier alpha value is -3.35. The Morgan fingerprint density at radius 2 is 1.93 bits per heavy atom. The molecule has 1 amide bonds. The Kier molecular flexibility index (Phi) is 5.71. The molecule has 3 aromatic rings. The van der Waals surface area contributed by atoms with Gasteiger partial charge in [-0.25, -0.2) is 0 Å². The molecule has 0 saturated heterocycles. The van der Waals surface area contributed by atoms with Crippen LogP contribution in [0.5, 0.6) is 11.5 Å². The van der Waals surface area contributed by atoms with Gasteiger partial charge in [-0.1, -0.05) is 6.07 Å². The molecule has 2 aromatic heterocycles. The van der Waals surface area contributed by atoms with Gasteiger partial charge in [0.05, 0.1) is 32.0 Å². The van der Waals surface area contributed by atoms with Crippen LogP contribution in [-0.4, -0.2) is 30.1 Å². The zero-order valence-corrected chi connectivity index (χ0v) is 15.2. The lowest BCUT2D eigenvalue weighted by molar-refractivity contribution is -0.121. The topological polar surface area (TPSA) is 93.3 Å². The summed E-state index contributed by atoms with van der Waals surface area (Å²) in [4.78, 5) is 31.4. The number of benzene rings is 1. The van der Waals surface area contributed by atoms with E-state index in [1.54, 1.807) is 38.6 Å². The number of fused-ring (bicyclic) bond motifs is 1. The van der Waals surface area contributed by atoms with Crippen LogP contribution in [0.25, 0.3) is 10.9 Å². The highest BCUT2D eigenvalue weighted by Crippen LogP contribution is 2.31. The molecule has 2 N–H and O–H groups in total. The van der Waals surface area contributed by atoms with Crippen molar-refractivity contribution < 1.29 is 14.3 Å². The first-order valence-electron chi connectivity index (χ1n) is 8.55. The lowest BCUT2D eigenvalue weighted by Crippen LogP contribution is -2.24. The van der Waals surface area contributed by atoms with Crippen molar-refractivity contribution in [2.75, 3.05) is 14.2 Å². The molecule has 7 heteroatoms. The van der Waals surface area contributed by atoms with Gasteiger partial charge < -0.3 is 19.8 Å². The van der Waals surface area contributed by atoms with Gasteiger partial charge in [0.25, 0.3) is 5.56 Å². The molecule has 0 saturated carbocycles. The highest BCUT2D eigenvalue weighted by molar-refractivity contribution is 5.83. The molecule has 0 atom stereocenters. The zero-order valence-electron chi connectivity index (χ0n) is 15.2. The van der Waals surface area contributed by atoms with Crippen LogP contribution in [0.1, 0.15) is 17.7 Å². The fraction of sp³-hybridized carbons (Fsp3) is 0.250. The Labute approximate surface area is 156 Å². The van der Waals surface area contributed by atoms with Crippen LogP contribution in [0, 0.1) is 0 Å². The molecule has 7 nitrogen and oxygen atoms in total. The van der Waals surface area contributed by atoms with Crippen molar-refractivity contribution in [3.63, 3.8) is 0 Å². The number of carbonyl (C=O) groups is 1. The third kappa shape index (κ3) is 4.44. The second-order valence-electron chi connectivity index (χ2n) is 6.02. The van der Waals surface area contributed by atoms with E-state index in [-0.39, 0.29) is 17.9 Å². The molecule has 1 aromatic carbocycles. The fourth-order valence-corrected chi connectivity index (χ4v) is 2.79. The molecule has 0 unspecified atom stereocenters. The van der Waals surface area contributed by atoms with Crippen LogP contribution in [0.2, 0.25) is 0 Å². The summed E-state index contributed by atoms with van der Waals surface area (Å²) in [6, 6.07) is 10.8. The van der Waals surface area contributed by atoms with Crippen molar-refractivity contribution in [1.82, 2.24) is 15.3 Å². The third-order valence-electron chi connectivity index (χ3n) is 4.24. The number of aromatic amines is 1. The number of carbonyl (C=O) groups excluding carboxylic acids is 1. The number of rotatable bonds is 7. The van der Waals surface area contributed by atoms with Gasteiger partial charge in [0.15, 0.2) is 11.5 Å². The first-order chi connectivity index (χ1) is 13.1. The van der Waals surface area contributed by atoms with Gasteiger partial charge in [-0.05, 0) is 30.7 Å². The summed E-state index contributed by atoms with van der Waals surface area (Å²) in [6.45, 7) is 0.366. The van der Waals surface area contributed by atoms with E-state index in [9.17, 15) is 9.59 Å². The Balaban J connectivity index is 1.70. The van der Waals surface area contributed by atoms with E-state index in [2.05, 4.69) is 15.3 Å². The average Bonchev–Trinajstić information content (AvgIpc) is 2.70. The molecule has 0 aliphatic rings. The van der Waals surface area contributed by atoms with Crippen molar-refractivity contribution in [3.05, 3.63) is 64.2 Å². The van der Waals surface area contributed by atoms with E-state index in [4.69, 9.17) is 9.47 Å². The van der Waals surface area contributed by atoms with Crippen LogP contribution in [0.3, 0.4) is 0 Å². The number of amides is 1. The summed E-state index contributed by atoms with van der Waals surface area (Å²) < 4.78 is 10.6. The SMILES string of the molecule is COc1cc2cc(CCC(=O)NCc3ccccn3)c(=O)[nH]c2cc1OC. The Morgan fingerprint density at radius 1 is 1.15 bits per heavy atom. The first-order valence-corrected chi connectivity index (χ1v) is 8.55. The second kappa shape index (κ2) is 8.35. The van der Waals surface area contributed by atoms with Gasteiger partial charge in [0.1, 0.15) is 0 Å². The zero-order chi connectivity index (χ0) is 19.2. The van der Waals surface area contributed by atoms with Crippen molar-refractivity contribution in [2.24, 2.45) is 0 Å². The van der Waals surface area contributed by atoms with E-state index >= 15 is 0 Å². The van der Waals surface area contributed by atoms with Crippen LogP contribution in [0.4, 0.5) is 0 Å². The first kappa shape index (κ1) is 18.4. The van der Waals surface area contributed by atoms with E-state index in [0.717, 1.165) is 11.1 Å². The summed E-state index contributed by atoms with van der Waals surface area (Å²) in [7, 11) is 3.10. The molecule has 0 radical (unpaired) electrons. The smallest absolute Gasteiger partial charge is 0.251 e. The minimum absolute atomic E-state index is 0.132. The van der Waals surface area contributed by atoms with Gasteiger partial charge in [0, 0.05) is 29.6 Å². The number of hydrogen-bond donors (Lipinski definition) is 2. The minimum Gasteiger partial charge on any atom is -0.493 e. The average molecular weight is 367 g/mol. The number of aryl methyl sites for hydroxylation is 1. The number of methoxy groups -OCH3 is 2. The fourth-order valence-electron chi connectivity index (χ4n) is 2.79. The highest BCUT2D eigenvalue weighted by atomic mass is 16.5. The van der Waals surface area contributed by atoms with Crippen LogP contribution in [0.15, 0.2) is 47.4 Å². The molecule has 3 rings (SSSR count). The standard InChI is InChI=1S/C20H21N3O4/c1-26-17-10-14-9-13(20(25)23-16(14)11-18(17)27-2)6-7-19(24)22-12-15-5-3-4-8-21-15/h3-5,8-11H,6-7,12H2,1-2H3,(H,22,24)(H,23,25). The second-order valence-corrected chi connectivity index (χ2v) is 6.02. The summed E-state index contributed by atoms with van der Waals surface area (Å²) >= 11 is 0. The summed E-state index contributed by atoms with van der Waals surface area (Å²) in [5, 5.41) is 3.62. The van der Waals surface area contributed by atoms with Crippen molar-refractivity contribution in [1.29, 1.82) is 0 Å². The minimum atomic E-state index is -0.216. The largest absolute Gasteiger partial charge is 0.493 e. The van der Waals surface area contributed by atoms with Crippen molar-refractivity contribution in [2.45, 2.75) is 19.4 Å². The lowest BCUT2D eigenvalue weighted by Gasteiger charge is -2.10. The van der Waals surface area contributed by atoms with Crippen molar-refractivity contribution >= 4 is 16.8 Å². The molecule has 0 aliphatic carbocycles. The third-order valence-corrected chi connectivity index (χ3v) is 4.24. The monoisotopic (exact) mass is 367 g/mol. The van der Waals surface area contributed by atoms with Crippen LogP contribution >= 0.6 is 0 Å². The Bertz CT molecular complexity index is 999. The van der Waals surface area contributed by atoms with Gasteiger partial charge in [0.2, 0.25) is 5.91 Å². The molecule has 0 bridgehead atoms. The Morgan fingerprint density at radius 3 is 2.63 bits per heavy atom. The van der Waals surface area contributed by atoms with Crippen LogP contribution < -0.4 is 20.3 Å². The molecule has 0 fully saturated rings. The molecule has 0 aliphatic heterocycles. The summed E-state index contributed by atoms with van der Waals surface area (Å²) in [5.41, 5.74) is 1.77. The summed E-state index contributed by atoms with van der Waals surface area (Å²) in [5.74, 6) is 0.992. The number of pyridine rings is 2. The van der Waals surface area contributed by atoms with E-state index in [0.29, 0.717) is 35.5 Å². The maximum atomic E-state index is 12.3. The number of H-pyrrole nitrogens is 1. The lowest BCUT2D eigenvalue weighted by atomic mass is 10.1. The predicted octanol–water partition coefficient (Wildman–Crippen LogP) is 2.19. The molecule has 0 spiro atoms. The number of aromatic nitrogens is 2. The van der Waals surface area contributed by atoms with Crippen LogP contribution in [-0.2, 0) is 17.8 Å². The number of hydrogen-bond acceptors (Lipinski definition) is 5. The molecule has 140 valence electrons. The van der Waals surface area contributed by atoms with E-state index in [1.165, 1.54) is 0 Å². The quantitative estimate of drug-likeness (QED) is 0.668. The molecular formula is C20H21N3O4. The predicted molar refractivity (Wildman–Crippen MR) is 102 cm³/mol. The highest BCUT2D eigenvalue weighted by Gasteiger charge is 2.10. The maximum Gasteiger partial charge on any atom is 0.251 e. The summed E-state index contributed by atoms with van der Waals surface area (Å²) in [6.07, 6.45) is 2.24. The number of nitrogens with one attached hydrogen (secondary N) is 2. The van der Waals surface area contributed by atoms with Crippen molar-refractivity contribution in [3.8, 4) is 11.5 Å². The maximum absolute atomic E-state index is 12.3. The number of nitrogens with zero attached hydrogens (tertiary/aromatic N) is 1. The normalized spacial score (nSPS) is 10.6. The van der Waals surface area contributed by atoms with Gasteiger partial charge in [-0.15, -0.1) is 0 Å². The van der Waals surface area contributed by atoms with Gasteiger partial charge in [-0.3, -0.25) is 14.6 Å². The van der Waals surface area contributed by atoms with Gasteiger partial charge in [-0.2, -0.15) is 0 Å². The van der Waals surface area contributed by atoms with E-state index < -0.39 is 0 Å².